The molecule has 1 heterocycles. The average Bonchev–Trinajstić information content (AvgIpc) is 2.43. The van der Waals surface area contributed by atoms with Gasteiger partial charge in [0, 0.05) is 11.1 Å². The highest BCUT2D eigenvalue weighted by Gasteiger charge is 2.11. The van der Waals surface area contributed by atoms with Crippen LogP contribution in [0.2, 0.25) is 0 Å². The van der Waals surface area contributed by atoms with Crippen molar-refractivity contribution in [3.05, 3.63) is 29.5 Å². The molecule has 1 aromatic heterocycles. The Morgan fingerprint density at radius 3 is 2.74 bits per heavy atom. The summed E-state index contributed by atoms with van der Waals surface area (Å²) in [6.07, 6.45) is 1.89. The van der Waals surface area contributed by atoms with Crippen molar-refractivity contribution in [2.45, 2.75) is 33.6 Å². The number of hydrogen-bond donors (Lipinski definition) is 2. The molecule has 0 bridgehead atoms. The maximum absolute atomic E-state index is 5.69. The van der Waals surface area contributed by atoms with E-state index in [1.54, 1.807) is 0 Å². The Balaban J connectivity index is 2.58. The van der Waals surface area contributed by atoms with E-state index < -0.39 is 0 Å². The highest BCUT2D eigenvalue weighted by atomic mass is 16.5. The third-order valence-electron chi connectivity index (χ3n) is 3.23. The van der Waals surface area contributed by atoms with Gasteiger partial charge in [0.05, 0.1) is 17.8 Å². The lowest BCUT2D eigenvalue weighted by atomic mass is 10.0. The van der Waals surface area contributed by atoms with E-state index in [-0.39, 0.29) is 0 Å². The smallest absolute Gasteiger partial charge is 0.120 e. The lowest BCUT2D eigenvalue weighted by molar-refractivity contribution is 0.318. The van der Waals surface area contributed by atoms with E-state index in [0.717, 1.165) is 53.0 Å². The molecular weight excluding hydrogens is 238 g/mol. The van der Waals surface area contributed by atoms with Gasteiger partial charge in [0.15, 0.2) is 0 Å². The zero-order chi connectivity index (χ0) is 13.8. The van der Waals surface area contributed by atoms with Crippen molar-refractivity contribution in [2.24, 2.45) is 5.84 Å². The molecule has 0 spiro atoms. The van der Waals surface area contributed by atoms with Crippen molar-refractivity contribution in [1.82, 2.24) is 4.98 Å². The molecule has 0 aliphatic heterocycles. The molecule has 4 nitrogen and oxygen atoms in total. The van der Waals surface area contributed by atoms with Crippen LogP contribution in [0.5, 0.6) is 5.75 Å². The Morgan fingerprint density at radius 1 is 1.32 bits per heavy atom. The normalized spacial score (nSPS) is 10.7. The minimum atomic E-state index is 0.719. The van der Waals surface area contributed by atoms with Crippen LogP contribution in [0.25, 0.3) is 10.9 Å². The zero-order valence-electron chi connectivity index (χ0n) is 11.8. The minimum Gasteiger partial charge on any atom is -0.494 e. The molecule has 102 valence electrons. The number of benzene rings is 1. The molecule has 2 rings (SSSR count). The molecule has 19 heavy (non-hydrogen) atoms. The second kappa shape index (κ2) is 5.89. The summed E-state index contributed by atoms with van der Waals surface area (Å²) in [6.45, 7) is 6.93. The van der Waals surface area contributed by atoms with Crippen LogP contribution in [0.15, 0.2) is 18.2 Å². The Morgan fingerprint density at radius 2 is 2.11 bits per heavy atom. The van der Waals surface area contributed by atoms with Gasteiger partial charge in [-0.2, -0.15) is 0 Å². The lowest BCUT2D eigenvalue weighted by Gasteiger charge is -2.14. The number of nitrogens with one attached hydrogen (secondary N) is 1. The predicted octanol–water partition coefficient (Wildman–Crippen LogP) is 3.18. The maximum atomic E-state index is 5.69. The van der Waals surface area contributed by atoms with Crippen LogP contribution < -0.4 is 16.0 Å². The average molecular weight is 259 g/mol. The third kappa shape index (κ3) is 2.63. The fraction of sp³-hybridized carbons (Fsp3) is 0.400. The molecule has 0 saturated carbocycles. The van der Waals surface area contributed by atoms with Gasteiger partial charge in [-0.3, -0.25) is 10.8 Å². The largest absolute Gasteiger partial charge is 0.494 e. The van der Waals surface area contributed by atoms with Crippen LogP contribution in [0.1, 0.15) is 31.5 Å². The van der Waals surface area contributed by atoms with E-state index in [1.165, 1.54) is 0 Å². The first kappa shape index (κ1) is 13.6. The topological polar surface area (TPSA) is 60.2 Å². The quantitative estimate of drug-likeness (QED) is 0.639. The predicted molar refractivity (Wildman–Crippen MR) is 79.5 cm³/mol. The molecular formula is C15H21N3O. The van der Waals surface area contributed by atoms with Crippen molar-refractivity contribution in [2.75, 3.05) is 12.0 Å². The van der Waals surface area contributed by atoms with Crippen molar-refractivity contribution in [1.29, 1.82) is 0 Å². The van der Waals surface area contributed by atoms with Gasteiger partial charge in [0.2, 0.25) is 0 Å². The number of aryl methyl sites for hydroxylation is 1. The summed E-state index contributed by atoms with van der Waals surface area (Å²) in [6, 6.07) is 5.94. The number of ether oxygens (including phenoxy) is 1. The first-order valence-corrected chi connectivity index (χ1v) is 6.73. The van der Waals surface area contributed by atoms with Gasteiger partial charge in [-0.25, -0.2) is 0 Å². The van der Waals surface area contributed by atoms with Crippen molar-refractivity contribution in [3.63, 3.8) is 0 Å². The number of nitrogens with two attached hydrogens (primary N) is 1. The fourth-order valence-corrected chi connectivity index (χ4v) is 2.31. The Kier molecular flexibility index (Phi) is 4.22. The number of hydrazine groups is 1. The number of hydrogen-bond acceptors (Lipinski definition) is 4. The van der Waals surface area contributed by atoms with Crippen molar-refractivity contribution in [3.8, 4) is 5.75 Å². The summed E-state index contributed by atoms with van der Waals surface area (Å²) in [7, 11) is 0. The van der Waals surface area contributed by atoms with E-state index in [4.69, 9.17) is 10.6 Å². The molecule has 0 unspecified atom stereocenters. The number of fused-ring (bicyclic) bond motifs is 1. The van der Waals surface area contributed by atoms with Gasteiger partial charge in [-0.15, -0.1) is 0 Å². The second-order valence-electron chi connectivity index (χ2n) is 4.58. The van der Waals surface area contributed by atoms with Gasteiger partial charge in [-0.1, -0.05) is 13.8 Å². The summed E-state index contributed by atoms with van der Waals surface area (Å²) in [5.41, 5.74) is 6.88. The molecule has 1 aromatic carbocycles. The molecule has 4 heteroatoms. The van der Waals surface area contributed by atoms with Crippen molar-refractivity contribution < 1.29 is 4.74 Å². The number of aromatic nitrogens is 1. The van der Waals surface area contributed by atoms with Gasteiger partial charge in [0.25, 0.3) is 0 Å². The van der Waals surface area contributed by atoms with Crippen LogP contribution in [0.4, 0.5) is 5.69 Å². The summed E-state index contributed by atoms with van der Waals surface area (Å²) >= 11 is 0. The van der Waals surface area contributed by atoms with E-state index in [1.807, 2.05) is 25.1 Å². The van der Waals surface area contributed by atoms with Crippen LogP contribution in [-0.4, -0.2) is 11.6 Å². The molecule has 0 saturated heterocycles. The number of anilines is 1. The number of rotatable bonds is 5. The lowest BCUT2D eigenvalue weighted by Crippen LogP contribution is -2.11. The molecule has 0 amide bonds. The second-order valence-corrected chi connectivity index (χ2v) is 4.58. The first-order chi connectivity index (χ1) is 9.21. The first-order valence-electron chi connectivity index (χ1n) is 6.73. The summed E-state index contributed by atoms with van der Waals surface area (Å²) in [5.74, 6) is 6.55. The van der Waals surface area contributed by atoms with Crippen LogP contribution >= 0.6 is 0 Å². The summed E-state index contributed by atoms with van der Waals surface area (Å²) in [5, 5.41) is 1.01. The fourth-order valence-electron chi connectivity index (χ4n) is 2.31. The number of pyridine rings is 1. The van der Waals surface area contributed by atoms with Gasteiger partial charge in [0.1, 0.15) is 5.75 Å². The summed E-state index contributed by atoms with van der Waals surface area (Å²) in [4.78, 5) is 4.63. The van der Waals surface area contributed by atoms with Gasteiger partial charge in [-0.05, 0) is 43.5 Å². The van der Waals surface area contributed by atoms with E-state index >= 15 is 0 Å². The van der Waals surface area contributed by atoms with Gasteiger partial charge < -0.3 is 10.2 Å². The maximum Gasteiger partial charge on any atom is 0.120 e. The van der Waals surface area contributed by atoms with Crippen LogP contribution in [0, 0.1) is 6.92 Å². The van der Waals surface area contributed by atoms with Gasteiger partial charge >= 0.3 is 0 Å². The third-order valence-corrected chi connectivity index (χ3v) is 3.23. The Hall–Kier alpha value is -1.81. The number of nitrogen functional groups attached to an aromatic ring is 1. The highest BCUT2D eigenvalue weighted by Crippen LogP contribution is 2.30. The standard InChI is InChI=1S/C15H21N3O/c1-4-8-19-11-6-7-14-13(9-11)15(18-16)12(5-2)10(3)17-14/h6-7,9H,4-5,8,16H2,1-3H3,(H,17,18). The highest BCUT2D eigenvalue weighted by molar-refractivity contribution is 5.94. The van der Waals surface area contributed by atoms with E-state index in [0.29, 0.717) is 0 Å². The Bertz CT molecular complexity index is 581. The minimum absolute atomic E-state index is 0.719. The molecule has 0 aliphatic rings. The molecule has 3 N–H and O–H groups in total. The Labute approximate surface area is 113 Å². The van der Waals surface area contributed by atoms with E-state index in [9.17, 15) is 0 Å². The molecule has 2 aromatic rings. The zero-order valence-corrected chi connectivity index (χ0v) is 11.8. The molecule has 0 atom stereocenters. The SMILES string of the molecule is CCCOc1ccc2nc(C)c(CC)c(NN)c2c1. The monoisotopic (exact) mass is 259 g/mol. The van der Waals surface area contributed by atoms with Crippen LogP contribution in [0.3, 0.4) is 0 Å². The molecule has 0 fully saturated rings. The van der Waals surface area contributed by atoms with Crippen molar-refractivity contribution >= 4 is 16.6 Å². The summed E-state index contributed by atoms with van der Waals surface area (Å²) < 4.78 is 5.67. The van der Waals surface area contributed by atoms with E-state index in [2.05, 4.69) is 24.3 Å². The molecule has 0 radical (unpaired) electrons. The number of nitrogens with zero attached hydrogens (tertiary/aromatic N) is 1. The molecule has 0 aliphatic carbocycles. The van der Waals surface area contributed by atoms with Crippen LogP contribution in [-0.2, 0) is 6.42 Å².